The van der Waals surface area contributed by atoms with E-state index < -0.39 is 0 Å². The molecule has 0 spiro atoms. The van der Waals surface area contributed by atoms with Crippen molar-refractivity contribution in [3.05, 3.63) is 0 Å². The summed E-state index contributed by atoms with van der Waals surface area (Å²) in [6, 6.07) is 0. The third-order valence-corrected chi connectivity index (χ3v) is 2.76. The monoisotopic (exact) mass is 220 g/mol. The molecule has 0 aromatic rings. The molecule has 1 N–H and O–H groups in total. The van der Waals surface area contributed by atoms with Gasteiger partial charge >= 0.3 is 0 Å². The summed E-state index contributed by atoms with van der Waals surface area (Å²) in [7, 11) is 0. The predicted octanol–water partition coefficient (Wildman–Crippen LogP) is 4.12. The molecule has 1 nitrogen and oxygen atoms in total. The molecule has 0 rings (SSSR count). The van der Waals surface area contributed by atoms with Crippen LogP contribution >= 0.6 is 11.6 Å². The maximum Gasteiger partial charge on any atom is 0.0540 e. The zero-order valence-corrected chi connectivity index (χ0v) is 10.4. The third kappa shape index (κ3) is 10.3. The Morgan fingerprint density at radius 2 is 1.64 bits per heavy atom. The van der Waals surface area contributed by atoms with Crippen molar-refractivity contribution >= 4 is 11.6 Å². The van der Waals surface area contributed by atoms with Crippen LogP contribution in [0.4, 0.5) is 0 Å². The number of halogens is 1. The van der Waals surface area contributed by atoms with E-state index in [1.807, 2.05) is 6.92 Å². The van der Waals surface area contributed by atoms with Crippen LogP contribution in [0, 0.1) is 0 Å². The Bertz CT molecular complexity index is 115. The second-order valence-corrected chi connectivity index (χ2v) is 4.96. The summed E-state index contributed by atoms with van der Waals surface area (Å²) in [6.07, 6.45) is 8.97. The van der Waals surface area contributed by atoms with Crippen molar-refractivity contribution in [2.75, 3.05) is 0 Å². The molecule has 0 heterocycles. The second-order valence-electron chi connectivity index (χ2n) is 4.21. The molecule has 0 aliphatic carbocycles. The first-order valence-electron chi connectivity index (χ1n) is 5.99. The van der Waals surface area contributed by atoms with Gasteiger partial charge in [-0.3, -0.25) is 0 Å². The molecule has 0 aromatic heterocycles. The first-order chi connectivity index (χ1) is 6.66. The molecule has 2 heteroatoms. The van der Waals surface area contributed by atoms with Gasteiger partial charge in [-0.1, -0.05) is 39.0 Å². The minimum atomic E-state index is -0.127. The Kier molecular flexibility index (Phi) is 9.97. The Balaban J connectivity index is 3.14. The Hall–Kier alpha value is 0.250. The number of hydrogen-bond donors (Lipinski definition) is 1. The highest BCUT2D eigenvalue weighted by Crippen LogP contribution is 2.13. The summed E-state index contributed by atoms with van der Waals surface area (Å²) in [5, 5.41) is 9.79. The molecule has 0 fully saturated rings. The van der Waals surface area contributed by atoms with E-state index in [2.05, 4.69) is 6.92 Å². The molecule has 86 valence electrons. The lowest BCUT2D eigenvalue weighted by molar-refractivity contribution is 0.148. The fourth-order valence-corrected chi connectivity index (χ4v) is 1.68. The van der Waals surface area contributed by atoms with Crippen molar-refractivity contribution in [1.29, 1.82) is 0 Å². The lowest BCUT2D eigenvalue weighted by atomic mass is 10.0. The highest BCUT2D eigenvalue weighted by molar-refractivity contribution is 6.20. The van der Waals surface area contributed by atoms with Gasteiger partial charge in [0, 0.05) is 5.38 Å². The molecular formula is C12H25ClO. The van der Waals surface area contributed by atoms with E-state index >= 15 is 0 Å². The van der Waals surface area contributed by atoms with Crippen LogP contribution in [0.1, 0.15) is 65.2 Å². The van der Waals surface area contributed by atoms with Crippen LogP contribution in [0.15, 0.2) is 0 Å². The van der Waals surface area contributed by atoms with Gasteiger partial charge in [0.25, 0.3) is 0 Å². The fraction of sp³-hybridized carbons (Fsp3) is 1.00. The Morgan fingerprint density at radius 3 is 2.21 bits per heavy atom. The van der Waals surface area contributed by atoms with E-state index in [4.69, 9.17) is 11.6 Å². The van der Waals surface area contributed by atoms with Gasteiger partial charge in [0.05, 0.1) is 6.10 Å². The van der Waals surface area contributed by atoms with E-state index in [1.54, 1.807) is 0 Å². The van der Waals surface area contributed by atoms with Gasteiger partial charge in [0.15, 0.2) is 0 Å². The SMILES string of the molecule is CCCCCCCC(O)CCC(C)Cl. The van der Waals surface area contributed by atoms with Crippen LogP contribution in [0.3, 0.4) is 0 Å². The molecule has 0 bridgehead atoms. The summed E-state index contributed by atoms with van der Waals surface area (Å²) in [5.41, 5.74) is 0. The molecule has 0 saturated heterocycles. The molecule has 14 heavy (non-hydrogen) atoms. The van der Waals surface area contributed by atoms with Crippen LogP contribution in [0.2, 0.25) is 0 Å². The molecule has 2 atom stereocenters. The predicted molar refractivity (Wildman–Crippen MR) is 63.9 cm³/mol. The minimum absolute atomic E-state index is 0.127. The number of aliphatic hydroxyl groups excluding tert-OH is 1. The summed E-state index contributed by atoms with van der Waals surface area (Å²) in [4.78, 5) is 0. The molecule has 0 radical (unpaired) electrons. The molecule has 0 amide bonds. The summed E-state index contributed by atoms with van der Waals surface area (Å²) < 4.78 is 0. The zero-order valence-electron chi connectivity index (χ0n) is 9.64. The van der Waals surface area contributed by atoms with E-state index in [0.717, 1.165) is 25.7 Å². The Labute approximate surface area is 93.9 Å². The third-order valence-electron chi connectivity index (χ3n) is 2.54. The first kappa shape index (κ1) is 14.2. The smallest absolute Gasteiger partial charge is 0.0540 e. The number of rotatable bonds is 9. The summed E-state index contributed by atoms with van der Waals surface area (Å²) in [6.45, 7) is 4.20. The van der Waals surface area contributed by atoms with Crippen molar-refractivity contribution < 1.29 is 5.11 Å². The Morgan fingerprint density at radius 1 is 1.00 bits per heavy atom. The number of unbranched alkanes of at least 4 members (excludes halogenated alkanes) is 4. The largest absolute Gasteiger partial charge is 0.393 e. The minimum Gasteiger partial charge on any atom is -0.393 e. The van der Waals surface area contributed by atoms with Crippen LogP contribution in [-0.4, -0.2) is 16.6 Å². The maximum atomic E-state index is 9.60. The van der Waals surface area contributed by atoms with E-state index in [9.17, 15) is 5.11 Å². The molecule has 0 aliphatic heterocycles. The lowest BCUT2D eigenvalue weighted by Crippen LogP contribution is -2.08. The lowest BCUT2D eigenvalue weighted by Gasteiger charge is -2.10. The van der Waals surface area contributed by atoms with Crippen LogP contribution in [0.25, 0.3) is 0 Å². The number of hydrogen-bond acceptors (Lipinski definition) is 1. The van der Waals surface area contributed by atoms with Crippen molar-refractivity contribution in [1.82, 2.24) is 0 Å². The maximum absolute atomic E-state index is 9.60. The van der Waals surface area contributed by atoms with Crippen LogP contribution in [-0.2, 0) is 0 Å². The number of alkyl halides is 1. The quantitative estimate of drug-likeness (QED) is 0.458. The zero-order chi connectivity index (χ0) is 10.8. The van der Waals surface area contributed by atoms with Crippen LogP contribution in [0.5, 0.6) is 0 Å². The van der Waals surface area contributed by atoms with Gasteiger partial charge in [0.2, 0.25) is 0 Å². The topological polar surface area (TPSA) is 20.2 Å². The van der Waals surface area contributed by atoms with Gasteiger partial charge < -0.3 is 5.11 Å². The first-order valence-corrected chi connectivity index (χ1v) is 6.42. The fourth-order valence-electron chi connectivity index (χ4n) is 1.55. The van der Waals surface area contributed by atoms with Gasteiger partial charge in [-0.15, -0.1) is 11.6 Å². The standard InChI is InChI=1S/C12H25ClO/c1-3-4-5-6-7-8-12(14)10-9-11(2)13/h11-12,14H,3-10H2,1-2H3. The molecule has 0 saturated carbocycles. The van der Waals surface area contributed by atoms with E-state index in [1.165, 1.54) is 25.7 Å². The molecule has 0 aromatic carbocycles. The highest BCUT2D eigenvalue weighted by Gasteiger charge is 2.05. The normalized spacial score (nSPS) is 15.4. The van der Waals surface area contributed by atoms with Crippen molar-refractivity contribution in [2.45, 2.75) is 76.7 Å². The second kappa shape index (κ2) is 9.79. The van der Waals surface area contributed by atoms with Crippen molar-refractivity contribution in [3.8, 4) is 0 Å². The molecular weight excluding hydrogens is 196 g/mol. The van der Waals surface area contributed by atoms with Crippen LogP contribution < -0.4 is 0 Å². The summed E-state index contributed by atoms with van der Waals surface area (Å²) >= 11 is 5.81. The van der Waals surface area contributed by atoms with E-state index in [0.29, 0.717) is 0 Å². The molecule has 2 unspecified atom stereocenters. The van der Waals surface area contributed by atoms with Gasteiger partial charge in [-0.2, -0.15) is 0 Å². The van der Waals surface area contributed by atoms with Crippen molar-refractivity contribution in [3.63, 3.8) is 0 Å². The van der Waals surface area contributed by atoms with E-state index in [-0.39, 0.29) is 11.5 Å². The van der Waals surface area contributed by atoms with Gasteiger partial charge in [0.1, 0.15) is 0 Å². The van der Waals surface area contributed by atoms with Gasteiger partial charge in [-0.05, 0) is 26.2 Å². The summed E-state index contributed by atoms with van der Waals surface area (Å²) in [5.74, 6) is 0. The molecule has 0 aliphatic rings. The van der Waals surface area contributed by atoms with Crippen molar-refractivity contribution in [2.24, 2.45) is 0 Å². The average molecular weight is 221 g/mol. The van der Waals surface area contributed by atoms with Gasteiger partial charge in [-0.25, -0.2) is 0 Å². The highest BCUT2D eigenvalue weighted by atomic mass is 35.5. The number of aliphatic hydroxyl groups is 1. The average Bonchev–Trinajstić information content (AvgIpc) is 2.14.